The molecular weight excluding hydrogens is 697 g/mol. The molecule has 4 amide bonds. The minimum Gasteiger partial charge on any atom is -0.505 e. The zero-order chi connectivity index (χ0) is 33.9. The van der Waals surface area contributed by atoms with E-state index in [2.05, 4.69) is 0 Å². The molecule has 3 heterocycles. The van der Waals surface area contributed by atoms with Crippen LogP contribution in [0.5, 0.6) is 5.75 Å². The summed E-state index contributed by atoms with van der Waals surface area (Å²) in [7, 11) is 0. The highest BCUT2D eigenvalue weighted by molar-refractivity contribution is 7.09. The third-order valence-corrected chi connectivity index (χ3v) is 11.8. The van der Waals surface area contributed by atoms with E-state index in [1.165, 1.54) is 17.4 Å². The quantitative estimate of drug-likeness (QED) is 0.0887. The van der Waals surface area contributed by atoms with Crippen LogP contribution in [0.1, 0.15) is 29.2 Å². The van der Waals surface area contributed by atoms with E-state index in [1.807, 2.05) is 0 Å². The third-order valence-electron chi connectivity index (χ3n) is 9.51. The normalized spacial score (nSPS) is 30.1. The van der Waals surface area contributed by atoms with Gasteiger partial charge in [-0.2, -0.15) is 0 Å². The maximum absolute atomic E-state index is 15.1. The Morgan fingerprint density at radius 3 is 2.15 bits per heavy atom. The molecule has 16 heteroatoms. The molecule has 2 saturated heterocycles. The summed E-state index contributed by atoms with van der Waals surface area (Å²) < 4.78 is 87.5. The summed E-state index contributed by atoms with van der Waals surface area (Å²) >= 11 is 15.3. The Kier molecular flexibility index (Phi) is 7.12. The highest BCUT2D eigenvalue weighted by Gasteiger charge is 2.77. The summed E-state index contributed by atoms with van der Waals surface area (Å²) in [5, 5.41) is 11.6. The summed E-state index contributed by atoms with van der Waals surface area (Å²) in [6.45, 7) is -0.0477. The number of fused-ring (bicyclic) bond motifs is 4. The first-order valence-electron chi connectivity index (χ1n) is 14.0. The molecule has 4 aliphatic rings. The van der Waals surface area contributed by atoms with Crippen molar-refractivity contribution < 1.29 is 50.6 Å². The number of hydrogen-bond acceptors (Lipinski definition) is 6. The lowest BCUT2D eigenvalue weighted by Crippen LogP contribution is -2.60. The van der Waals surface area contributed by atoms with Crippen molar-refractivity contribution in [3.8, 4) is 5.75 Å². The van der Waals surface area contributed by atoms with Crippen LogP contribution < -0.4 is 4.90 Å². The summed E-state index contributed by atoms with van der Waals surface area (Å²) in [5.74, 6) is -23.8. The zero-order valence-corrected chi connectivity index (χ0v) is 25.7. The van der Waals surface area contributed by atoms with Crippen molar-refractivity contribution >= 4 is 63.9 Å². The molecule has 1 aromatic heterocycles. The second-order valence-electron chi connectivity index (χ2n) is 11.7. The van der Waals surface area contributed by atoms with Gasteiger partial charge in [0.15, 0.2) is 44.6 Å². The van der Waals surface area contributed by atoms with Crippen molar-refractivity contribution in [3.05, 3.63) is 92.7 Å². The Morgan fingerprint density at radius 2 is 1.53 bits per heavy atom. The molecule has 0 bridgehead atoms. The number of amides is 4. The molecule has 0 spiro atoms. The number of nitrogens with zero attached hydrogens (tertiary/aromatic N) is 2. The van der Waals surface area contributed by atoms with Crippen LogP contribution in [0, 0.1) is 52.7 Å². The molecule has 1 N–H and O–H groups in total. The fraction of sp³-hybridized carbons (Fsp3) is 0.290. The number of imide groups is 2. The van der Waals surface area contributed by atoms with Crippen LogP contribution in [0.25, 0.3) is 0 Å². The molecular formula is C31H18Cl2F6N2O5S. The number of rotatable bonds is 4. The molecule has 2 aliphatic heterocycles. The largest absolute Gasteiger partial charge is 0.505 e. The van der Waals surface area contributed by atoms with Gasteiger partial charge in [-0.05, 0) is 47.9 Å². The average molecular weight is 715 g/mol. The van der Waals surface area contributed by atoms with Crippen LogP contribution in [-0.2, 0) is 25.7 Å². The van der Waals surface area contributed by atoms with E-state index < -0.39 is 110 Å². The molecule has 3 aromatic rings. The predicted molar refractivity (Wildman–Crippen MR) is 154 cm³/mol. The van der Waals surface area contributed by atoms with Crippen molar-refractivity contribution in [2.75, 3.05) is 4.90 Å². The Hall–Kier alpha value is -3.88. The lowest BCUT2D eigenvalue weighted by molar-refractivity contribution is -0.141. The van der Waals surface area contributed by atoms with Crippen molar-refractivity contribution in [1.29, 1.82) is 0 Å². The Labute approximate surface area is 275 Å². The Bertz CT molecular complexity index is 1950. The second-order valence-corrected chi connectivity index (χ2v) is 14.0. The van der Waals surface area contributed by atoms with E-state index in [4.69, 9.17) is 23.2 Å². The van der Waals surface area contributed by atoms with Gasteiger partial charge in [0, 0.05) is 10.8 Å². The molecule has 47 heavy (non-hydrogen) atoms. The van der Waals surface area contributed by atoms with E-state index in [0.29, 0.717) is 4.88 Å². The molecule has 7 rings (SSSR count). The van der Waals surface area contributed by atoms with E-state index >= 15 is 8.78 Å². The molecule has 244 valence electrons. The number of carbonyl (C=O) groups excluding carboxylic acids is 4. The van der Waals surface area contributed by atoms with Crippen molar-refractivity contribution in [2.45, 2.75) is 35.1 Å². The topological polar surface area (TPSA) is 95.0 Å². The first-order valence-corrected chi connectivity index (χ1v) is 15.6. The monoisotopic (exact) mass is 714 g/mol. The van der Waals surface area contributed by atoms with Crippen LogP contribution >= 0.6 is 34.5 Å². The number of anilines is 1. The Balaban J connectivity index is 1.42. The molecule has 0 radical (unpaired) electrons. The van der Waals surface area contributed by atoms with Gasteiger partial charge in [-0.1, -0.05) is 23.8 Å². The number of phenols is 1. The third kappa shape index (κ3) is 4.07. The van der Waals surface area contributed by atoms with E-state index in [1.54, 1.807) is 17.5 Å². The highest BCUT2D eigenvalue weighted by atomic mass is 35.5. The highest BCUT2D eigenvalue weighted by Crippen LogP contribution is 2.66. The van der Waals surface area contributed by atoms with Crippen molar-refractivity contribution in [1.82, 2.24) is 4.90 Å². The van der Waals surface area contributed by atoms with Crippen LogP contribution in [-0.4, -0.2) is 43.4 Å². The maximum Gasteiger partial charge on any atom is 0.258 e. The fourth-order valence-corrected chi connectivity index (χ4v) is 9.05. The number of phenolic OH excluding ortho intramolecular Hbond substituents is 1. The van der Waals surface area contributed by atoms with Crippen molar-refractivity contribution in [3.63, 3.8) is 0 Å². The van der Waals surface area contributed by atoms with Gasteiger partial charge >= 0.3 is 0 Å². The van der Waals surface area contributed by atoms with Crippen molar-refractivity contribution in [2.24, 2.45) is 17.8 Å². The number of halogens is 8. The van der Waals surface area contributed by atoms with Gasteiger partial charge < -0.3 is 5.11 Å². The summed E-state index contributed by atoms with van der Waals surface area (Å²) in [6, 6.07) is 6.28. The van der Waals surface area contributed by atoms with Crippen LogP contribution in [0.15, 0.2) is 47.4 Å². The minimum absolute atomic E-state index is 0.0477. The molecule has 2 aliphatic carbocycles. The molecule has 7 nitrogen and oxygen atoms in total. The van der Waals surface area contributed by atoms with Crippen LogP contribution in [0.4, 0.5) is 32.0 Å². The lowest BCUT2D eigenvalue weighted by atomic mass is 9.56. The minimum atomic E-state index is -2.78. The molecule has 6 unspecified atom stereocenters. The summed E-state index contributed by atoms with van der Waals surface area (Å²) in [4.78, 5) is 51.6. The number of alkyl halides is 2. The van der Waals surface area contributed by atoms with Gasteiger partial charge in [0.05, 0.1) is 18.4 Å². The second kappa shape index (κ2) is 10.6. The smallest absolute Gasteiger partial charge is 0.258 e. The molecule has 6 atom stereocenters. The van der Waals surface area contributed by atoms with Gasteiger partial charge in [0.1, 0.15) is 5.69 Å². The number of thiophene rings is 1. The van der Waals surface area contributed by atoms with Gasteiger partial charge in [0.2, 0.25) is 17.6 Å². The van der Waals surface area contributed by atoms with Gasteiger partial charge in [-0.15, -0.1) is 34.5 Å². The molecule has 2 aromatic carbocycles. The van der Waals surface area contributed by atoms with Gasteiger partial charge in [0.25, 0.3) is 11.8 Å². The molecule has 3 fully saturated rings. The standard InChI is InChI=1S/C31H18Cl2F6N2O5S/c32-30-9-15-13(4-5-14-18(15)27(44)40(26(14)43)10-12-2-1-7-47-12)19(11-3-6-17(42)16(34)8-11)31(30,33)29(46)41(28(30)45)25-23(38)21(36)20(35)22(37)24(25)39/h1-4,6-8,14-15,18-19,42H,5,9-10H2. The predicted octanol–water partition coefficient (Wildman–Crippen LogP) is 6.05. The van der Waals surface area contributed by atoms with E-state index in [9.17, 15) is 41.8 Å². The average Bonchev–Trinajstić information content (AvgIpc) is 3.68. The number of carbonyl (C=O) groups is 4. The number of benzene rings is 2. The van der Waals surface area contributed by atoms with Gasteiger partial charge in [-0.25, -0.2) is 31.2 Å². The number of aromatic hydroxyl groups is 1. The fourth-order valence-electron chi connectivity index (χ4n) is 7.42. The van der Waals surface area contributed by atoms with Gasteiger partial charge in [-0.3, -0.25) is 24.1 Å². The summed E-state index contributed by atoms with van der Waals surface area (Å²) in [5.41, 5.74) is -1.91. The first kappa shape index (κ1) is 31.7. The van der Waals surface area contributed by atoms with Crippen LogP contribution in [0.3, 0.4) is 0 Å². The zero-order valence-electron chi connectivity index (χ0n) is 23.4. The molecule has 1 saturated carbocycles. The van der Waals surface area contributed by atoms with E-state index in [-0.39, 0.29) is 29.0 Å². The number of allylic oxidation sites excluding steroid dienone is 2. The lowest BCUT2D eigenvalue weighted by Gasteiger charge is -2.50. The number of likely N-dealkylation sites (tertiary alicyclic amines) is 1. The summed E-state index contributed by atoms with van der Waals surface area (Å²) in [6.07, 6.45) is 0.774. The maximum atomic E-state index is 15.1. The van der Waals surface area contributed by atoms with Crippen LogP contribution in [0.2, 0.25) is 0 Å². The first-order chi connectivity index (χ1) is 22.1. The van der Waals surface area contributed by atoms with E-state index in [0.717, 1.165) is 23.1 Å². The SMILES string of the molecule is O=C1C2CC=C3C(CC4(Cl)C(=O)N(c5c(F)c(F)c(F)c(F)c5F)C(=O)C4(Cl)C3c3ccc(O)c(F)c3)C2C(=O)N1Cc1cccs1. The Morgan fingerprint density at radius 1 is 0.872 bits per heavy atom. The number of hydrogen-bond donors (Lipinski definition) is 1.